The van der Waals surface area contributed by atoms with Gasteiger partial charge in [0.2, 0.25) is 5.79 Å². The first-order valence-electron chi connectivity index (χ1n) is 11.3. The van der Waals surface area contributed by atoms with Gasteiger partial charge < -0.3 is 34.3 Å². The van der Waals surface area contributed by atoms with Gasteiger partial charge in [-0.2, -0.15) is 0 Å². The molecule has 2 bridgehead atoms. The standard InChI is InChI=1S/C25H30O7/c1-2-3-17-5-6-19(25-23(28)20(27)13-24(14-26,32-25)15-31-25)12-18(17)10-16-4-7-21-22(11-16)30-9-8-29-21/h4-7,11-12,20,23,26-28H,2-3,8-10,13-15H2,1H3/t20?,23-,24+,25+/m1/s1. The highest BCUT2D eigenvalue weighted by Crippen LogP contribution is 2.49. The van der Waals surface area contributed by atoms with Gasteiger partial charge in [0.15, 0.2) is 11.5 Å². The summed E-state index contributed by atoms with van der Waals surface area (Å²) >= 11 is 0. The average Bonchev–Trinajstić information content (AvgIpc) is 3.16. The van der Waals surface area contributed by atoms with Crippen molar-refractivity contribution in [1.29, 1.82) is 0 Å². The second-order valence-electron chi connectivity index (χ2n) is 9.00. The maximum Gasteiger partial charge on any atom is 0.225 e. The van der Waals surface area contributed by atoms with Crippen LogP contribution in [0.4, 0.5) is 0 Å². The second-order valence-corrected chi connectivity index (χ2v) is 9.00. The normalized spacial score (nSPS) is 31.0. The van der Waals surface area contributed by atoms with Crippen LogP contribution in [-0.2, 0) is 28.1 Å². The Labute approximate surface area is 187 Å². The minimum Gasteiger partial charge on any atom is -0.486 e. The average molecular weight is 443 g/mol. The summed E-state index contributed by atoms with van der Waals surface area (Å²) in [6, 6.07) is 11.9. The summed E-state index contributed by atoms with van der Waals surface area (Å²) < 4.78 is 23.5. The van der Waals surface area contributed by atoms with Crippen LogP contribution in [0.5, 0.6) is 11.5 Å². The van der Waals surface area contributed by atoms with E-state index in [2.05, 4.69) is 6.92 Å². The fraction of sp³-hybridized carbons (Fsp3) is 0.520. The van der Waals surface area contributed by atoms with Crippen LogP contribution >= 0.6 is 0 Å². The van der Waals surface area contributed by atoms with E-state index in [1.54, 1.807) is 0 Å². The molecule has 0 spiro atoms. The Hall–Kier alpha value is -2.16. The lowest BCUT2D eigenvalue weighted by atomic mass is 9.85. The molecule has 2 aromatic carbocycles. The third-order valence-corrected chi connectivity index (χ3v) is 6.67. The van der Waals surface area contributed by atoms with Crippen molar-refractivity contribution in [1.82, 2.24) is 0 Å². The molecule has 5 rings (SSSR count). The van der Waals surface area contributed by atoms with Crippen molar-refractivity contribution >= 4 is 0 Å². The van der Waals surface area contributed by atoms with E-state index in [1.807, 2.05) is 36.4 Å². The van der Waals surface area contributed by atoms with E-state index in [0.29, 0.717) is 25.2 Å². The van der Waals surface area contributed by atoms with Crippen molar-refractivity contribution in [3.8, 4) is 11.5 Å². The van der Waals surface area contributed by atoms with Gasteiger partial charge >= 0.3 is 0 Å². The fourth-order valence-corrected chi connectivity index (χ4v) is 5.01. The molecule has 7 nitrogen and oxygen atoms in total. The number of ether oxygens (including phenoxy) is 4. The summed E-state index contributed by atoms with van der Waals surface area (Å²) in [5.41, 5.74) is 3.03. The predicted molar refractivity (Wildman–Crippen MR) is 116 cm³/mol. The van der Waals surface area contributed by atoms with E-state index >= 15 is 0 Å². The molecular weight excluding hydrogens is 412 g/mol. The van der Waals surface area contributed by atoms with Crippen LogP contribution in [-0.4, -0.2) is 59.6 Å². The van der Waals surface area contributed by atoms with Gasteiger partial charge in [0.05, 0.1) is 19.3 Å². The van der Waals surface area contributed by atoms with Crippen LogP contribution < -0.4 is 9.47 Å². The number of benzene rings is 2. The van der Waals surface area contributed by atoms with Crippen LogP contribution in [0.2, 0.25) is 0 Å². The van der Waals surface area contributed by atoms with Gasteiger partial charge in [0.1, 0.15) is 24.9 Å². The Morgan fingerprint density at radius 2 is 1.81 bits per heavy atom. The van der Waals surface area contributed by atoms with Crippen LogP contribution in [0, 0.1) is 0 Å². The van der Waals surface area contributed by atoms with Crippen molar-refractivity contribution in [2.75, 3.05) is 26.4 Å². The Kier molecular flexibility index (Phi) is 5.63. The van der Waals surface area contributed by atoms with E-state index in [0.717, 1.165) is 35.5 Å². The minimum absolute atomic E-state index is 0.117. The molecule has 0 aliphatic carbocycles. The van der Waals surface area contributed by atoms with Gasteiger partial charge in [-0.1, -0.05) is 31.5 Å². The highest BCUT2D eigenvalue weighted by molar-refractivity contribution is 5.46. The molecule has 4 atom stereocenters. The lowest BCUT2D eigenvalue weighted by Crippen LogP contribution is -2.57. The molecule has 0 amide bonds. The smallest absolute Gasteiger partial charge is 0.225 e. The maximum absolute atomic E-state index is 10.9. The summed E-state index contributed by atoms with van der Waals surface area (Å²) in [7, 11) is 0. The number of fused-ring (bicyclic) bond motifs is 3. The highest BCUT2D eigenvalue weighted by atomic mass is 16.8. The van der Waals surface area contributed by atoms with Crippen molar-refractivity contribution in [2.45, 2.75) is 56.2 Å². The molecule has 172 valence electrons. The Balaban J connectivity index is 1.51. The second kappa shape index (κ2) is 8.32. The van der Waals surface area contributed by atoms with E-state index in [4.69, 9.17) is 18.9 Å². The van der Waals surface area contributed by atoms with E-state index in [-0.39, 0.29) is 19.6 Å². The van der Waals surface area contributed by atoms with Crippen molar-refractivity contribution < 1.29 is 34.3 Å². The largest absolute Gasteiger partial charge is 0.486 e. The summed E-state index contributed by atoms with van der Waals surface area (Å²) in [5.74, 6) is 0.0163. The van der Waals surface area contributed by atoms with Gasteiger partial charge in [-0.05, 0) is 47.7 Å². The molecule has 0 saturated carbocycles. The zero-order valence-corrected chi connectivity index (χ0v) is 18.3. The Morgan fingerprint density at radius 3 is 2.59 bits per heavy atom. The number of aliphatic hydroxyl groups is 3. The number of hydrogen-bond donors (Lipinski definition) is 3. The third-order valence-electron chi connectivity index (χ3n) is 6.67. The van der Waals surface area contributed by atoms with Gasteiger partial charge in [0.25, 0.3) is 0 Å². The maximum atomic E-state index is 10.9. The van der Waals surface area contributed by atoms with Gasteiger partial charge in [0, 0.05) is 12.0 Å². The van der Waals surface area contributed by atoms with E-state index in [1.165, 1.54) is 5.56 Å². The number of rotatable bonds is 6. The molecule has 0 aromatic heterocycles. The first-order chi connectivity index (χ1) is 15.5. The number of aryl methyl sites for hydroxylation is 1. The van der Waals surface area contributed by atoms with Crippen LogP contribution in [0.15, 0.2) is 36.4 Å². The van der Waals surface area contributed by atoms with Gasteiger partial charge in [-0.15, -0.1) is 0 Å². The SMILES string of the molecule is CCCc1ccc([C@@]23OC[C@@](CO)(CC(O)[C@H]2O)O3)cc1Cc1ccc2c(c1)OCCO2. The number of aliphatic hydroxyl groups excluding tert-OH is 3. The van der Waals surface area contributed by atoms with Crippen molar-refractivity contribution in [3.05, 3.63) is 58.7 Å². The molecule has 3 heterocycles. The first-order valence-corrected chi connectivity index (χ1v) is 11.3. The zero-order valence-electron chi connectivity index (χ0n) is 18.3. The molecular formula is C25H30O7. The number of hydrogen-bond acceptors (Lipinski definition) is 7. The van der Waals surface area contributed by atoms with E-state index in [9.17, 15) is 15.3 Å². The van der Waals surface area contributed by atoms with Gasteiger partial charge in [-0.25, -0.2) is 0 Å². The quantitative estimate of drug-likeness (QED) is 0.630. The predicted octanol–water partition coefficient (Wildman–Crippen LogP) is 2.06. The van der Waals surface area contributed by atoms with Crippen molar-refractivity contribution in [3.63, 3.8) is 0 Å². The van der Waals surface area contributed by atoms with E-state index < -0.39 is 23.6 Å². The summed E-state index contributed by atoms with van der Waals surface area (Å²) in [5, 5.41) is 31.2. The minimum atomic E-state index is -1.49. The molecule has 2 saturated heterocycles. The molecule has 3 aliphatic heterocycles. The fourth-order valence-electron chi connectivity index (χ4n) is 5.01. The summed E-state index contributed by atoms with van der Waals surface area (Å²) in [4.78, 5) is 0. The molecule has 2 fully saturated rings. The van der Waals surface area contributed by atoms with Crippen LogP contribution in [0.1, 0.15) is 42.0 Å². The Morgan fingerprint density at radius 1 is 1.00 bits per heavy atom. The molecule has 32 heavy (non-hydrogen) atoms. The molecule has 3 N–H and O–H groups in total. The lowest BCUT2D eigenvalue weighted by Gasteiger charge is -2.43. The lowest BCUT2D eigenvalue weighted by molar-refractivity contribution is -0.302. The third kappa shape index (κ3) is 3.58. The summed E-state index contributed by atoms with van der Waals surface area (Å²) in [6.45, 7) is 3.07. The van der Waals surface area contributed by atoms with Crippen LogP contribution in [0.3, 0.4) is 0 Å². The topological polar surface area (TPSA) is 97.6 Å². The zero-order chi connectivity index (χ0) is 22.3. The highest BCUT2D eigenvalue weighted by Gasteiger charge is 2.62. The monoisotopic (exact) mass is 442 g/mol. The van der Waals surface area contributed by atoms with Crippen molar-refractivity contribution in [2.24, 2.45) is 0 Å². The first kappa shape index (κ1) is 21.7. The molecule has 0 radical (unpaired) electrons. The summed E-state index contributed by atoms with van der Waals surface area (Å²) in [6.07, 6.45) is 0.421. The Bertz CT molecular complexity index is 992. The molecule has 3 aliphatic rings. The molecule has 7 heteroatoms. The molecule has 1 unspecified atom stereocenters. The van der Waals surface area contributed by atoms with Crippen LogP contribution in [0.25, 0.3) is 0 Å². The van der Waals surface area contributed by atoms with Gasteiger partial charge in [-0.3, -0.25) is 0 Å². The molecule has 2 aromatic rings.